The number of aliphatic imine (C=N–C) groups is 1. The van der Waals surface area contributed by atoms with Crippen LogP contribution in [0.15, 0.2) is 87.8 Å². The van der Waals surface area contributed by atoms with Gasteiger partial charge in [-0.2, -0.15) is 0 Å². The summed E-state index contributed by atoms with van der Waals surface area (Å²) in [6, 6.07) is 10.5. The summed E-state index contributed by atoms with van der Waals surface area (Å²) in [6.07, 6.45) is 17.6. The fourth-order valence-corrected chi connectivity index (χ4v) is 7.20. The number of phenolic OH excluding ortho intramolecular Hbond substituents is 1. The number of furan rings is 1. The molecule has 5 nitrogen and oxygen atoms in total. The van der Waals surface area contributed by atoms with Crippen molar-refractivity contribution in [3.63, 3.8) is 0 Å². The molecule has 0 saturated heterocycles. The number of hydrogen-bond acceptors (Lipinski definition) is 5. The smallest absolute Gasteiger partial charge is 0.140 e. The molecule has 4 aromatic rings. The molecule has 3 atom stereocenters. The van der Waals surface area contributed by atoms with Crippen molar-refractivity contribution < 1.29 is 9.52 Å². The maximum Gasteiger partial charge on any atom is 0.140 e. The van der Waals surface area contributed by atoms with Gasteiger partial charge in [-0.25, -0.2) is 4.99 Å². The van der Waals surface area contributed by atoms with Gasteiger partial charge in [0.25, 0.3) is 0 Å². The summed E-state index contributed by atoms with van der Waals surface area (Å²) < 4.78 is 6.82. The standard InChI is InChI=1S/C37H38BN3O2/c1-20-28-29-21(2)32(42)30(23(4)34(29)43-33(28)22(3)27(31(20)38)24-14-8-5-9-15-24)37-40-35(25-16-10-6-11-17-25)39-36(41-37)26-18-12-7-13-19-26/h5-12,14-16,18,25,35,37,40,42H,13,17,19,38H2,1-4H3,(H,39,41). The van der Waals surface area contributed by atoms with E-state index in [1.165, 1.54) is 27.7 Å². The van der Waals surface area contributed by atoms with Crippen molar-refractivity contribution in [3.05, 3.63) is 106 Å². The van der Waals surface area contributed by atoms with Gasteiger partial charge in [-0.15, -0.1) is 0 Å². The highest BCUT2D eigenvalue weighted by Gasteiger charge is 2.34. The van der Waals surface area contributed by atoms with E-state index in [-0.39, 0.29) is 17.8 Å². The van der Waals surface area contributed by atoms with Gasteiger partial charge < -0.3 is 14.8 Å². The van der Waals surface area contributed by atoms with Crippen LogP contribution in [-0.2, 0) is 0 Å². The van der Waals surface area contributed by atoms with E-state index in [1.807, 2.05) is 13.0 Å². The topological polar surface area (TPSA) is 69.8 Å². The van der Waals surface area contributed by atoms with Crippen LogP contribution < -0.4 is 16.1 Å². The zero-order valence-electron chi connectivity index (χ0n) is 25.6. The van der Waals surface area contributed by atoms with Gasteiger partial charge in [0.2, 0.25) is 0 Å². The van der Waals surface area contributed by atoms with E-state index in [0.717, 1.165) is 69.3 Å². The number of rotatable bonds is 4. The molecule has 3 aromatic carbocycles. The second-order valence-electron chi connectivity index (χ2n) is 12.2. The minimum Gasteiger partial charge on any atom is -0.507 e. The lowest BCUT2D eigenvalue weighted by molar-refractivity contribution is 0.321. The summed E-state index contributed by atoms with van der Waals surface area (Å²) >= 11 is 0. The van der Waals surface area contributed by atoms with Crippen LogP contribution in [0.4, 0.5) is 0 Å². The summed E-state index contributed by atoms with van der Waals surface area (Å²) in [7, 11) is 2.19. The van der Waals surface area contributed by atoms with Crippen LogP contribution in [0.5, 0.6) is 5.75 Å². The Kier molecular flexibility index (Phi) is 6.90. The lowest BCUT2D eigenvalue weighted by Crippen LogP contribution is -2.55. The third kappa shape index (κ3) is 4.47. The summed E-state index contributed by atoms with van der Waals surface area (Å²) in [5, 5.41) is 21.5. The molecule has 1 aromatic heterocycles. The van der Waals surface area contributed by atoms with Crippen molar-refractivity contribution in [2.45, 2.75) is 59.3 Å². The molecule has 3 N–H and O–H groups in total. The number of phenols is 1. The van der Waals surface area contributed by atoms with Gasteiger partial charge in [-0.1, -0.05) is 78.3 Å². The van der Waals surface area contributed by atoms with Gasteiger partial charge in [0, 0.05) is 33.4 Å². The highest BCUT2D eigenvalue weighted by Crippen LogP contribution is 2.46. The molecule has 3 unspecified atom stereocenters. The van der Waals surface area contributed by atoms with E-state index in [0.29, 0.717) is 0 Å². The second-order valence-corrected chi connectivity index (χ2v) is 12.2. The van der Waals surface area contributed by atoms with E-state index in [1.54, 1.807) is 0 Å². The van der Waals surface area contributed by atoms with Crippen LogP contribution in [-0.4, -0.2) is 25.0 Å². The van der Waals surface area contributed by atoms with Crippen molar-refractivity contribution in [1.82, 2.24) is 10.6 Å². The van der Waals surface area contributed by atoms with Gasteiger partial charge in [-0.05, 0) is 74.8 Å². The fourth-order valence-electron chi connectivity index (χ4n) is 7.20. The molecule has 7 rings (SSSR count). The number of nitrogens with zero attached hydrogens (tertiary/aromatic N) is 1. The Morgan fingerprint density at radius 1 is 0.907 bits per heavy atom. The second kappa shape index (κ2) is 10.8. The van der Waals surface area contributed by atoms with Gasteiger partial charge in [0.1, 0.15) is 36.8 Å². The molecular weight excluding hydrogens is 529 g/mol. The third-order valence-corrected chi connectivity index (χ3v) is 9.65. The summed E-state index contributed by atoms with van der Waals surface area (Å²) in [4.78, 5) is 5.20. The molecule has 0 spiro atoms. The Hall–Kier alpha value is -4.29. The first-order chi connectivity index (χ1) is 20.8. The number of hydrogen-bond donors (Lipinski definition) is 3. The van der Waals surface area contributed by atoms with Crippen LogP contribution in [0.2, 0.25) is 0 Å². The largest absolute Gasteiger partial charge is 0.507 e. The number of aromatic hydroxyl groups is 1. The van der Waals surface area contributed by atoms with Gasteiger partial charge >= 0.3 is 0 Å². The fraction of sp³-hybridized carbons (Fsp3) is 0.270. The Bertz CT molecular complexity index is 1930. The van der Waals surface area contributed by atoms with Crippen LogP contribution in [0, 0.1) is 33.6 Å². The summed E-state index contributed by atoms with van der Waals surface area (Å²) in [6.45, 7) is 8.40. The molecule has 0 fully saturated rings. The first kappa shape index (κ1) is 27.5. The number of nitrogens with one attached hydrogen (secondary N) is 2. The van der Waals surface area contributed by atoms with Gasteiger partial charge in [-0.3, -0.25) is 5.32 Å². The summed E-state index contributed by atoms with van der Waals surface area (Å²) in [5.41, 5.74) is 11.4. The van der Waals surface area contributed by atoms with Crippen molar-refractivity contribution in [2.24, 2.45) is 10.9 Å². The van der Waals surface area contributed by atoms with Crippen LogP contribution in [0.3, 0.4) is 0 Å². The Morgan fingerprint density at radius 3 is 2.40 bits per heavy atom. The molecule has 43 heavy (non-hydrogen) atoms. The first-order valence-corrected chi connectivity index (χ1v) is 15.4. The van der Waals surface area contributed by atoms with Crippen molar-refractivity contribution >= 4 is 41.1 Å². The normalized spacial score (nSPS) is 21.7. The van der Waals surface area contributed by atoms with E-state index in [4.69, 9.17) is 9.41 Å². The van der Waals surface area contributed by atoms with Crippen molar-refractivity contribution in [2.75, 3.05) is 0 Å². The predicted molar refractivity (Wildman–Crippen MR) is 181 cm³/mol. The molecule has 6 heteroatoms. The molecule has 1 aliphatic heterocycles. The Morgan fingerprint density at radius 2 is 1.67 bits per heavy atom. The van der Waals surface area contributed by atoms with Crippen molar-refractivity contribution in [1.29, 1.82) is 0 Å². The average Bonchev–Trinajstić information content (AvgIpc) is 3.46. The van der Waals surface area contributed by atoms with Crippen molar-refractivity contribution in [3.8, 4) is 16.9 Å². The molecular formula is C37H38BN3O2. The number of fused-ring (bicyclic) bond motifs is 3. The maximum atomic E-state index is 11.9. The van der Waals surface area contributed by atoms with E-state index >= 15 is 0 Å². The molecule has 2 heterocycles. The van der Waals surface area contributed by atoms with Crippen LogP contribution in [0.1, 0.15) is 53.2 Å². The van der Waals surface area contributed by atoms with Crippen LogP contribution >= 0.6 is 0 Å². The number of benzene rings is 3. The maximum absolute atomic E-state index is 11.9. The molecule has 0 radical (unpaired) electrons. The molecule has 3 aliphatic rings. The summed E-state index contributed by atoms with van der Waals surface area (Å²) in [5.74, 6) is 1.45. The zero-order chi connectivity index (χ0) is 29.8. The number of allylic oxidation sites excluding steroid dienone is 6. The van der Waals surface area contributed by atoms with E-state index in [9.17, 15) is 5.11 Å². The predicted octanol–water partition coefficient (Wildman–Crippen LogP) is 6.78. The van der Waals surface area contributed by atoms with Crippen LogP contribution in [0.25, 0.3) is 33.1 Å². The molecule has 0 amide bonds. The average molecular weight is 568 g/mol. The minimum atomic E-state index is -0.424. The monoisotopic (exact) mass is 567 g/mol. The lowest BCUT2D eigenvalue weighted by atomic mass is 9.79. The SMILES string of the molecule is Bc1c(-c2ccccc2)c(C)c2oc3c(C)c(C4N=C(C5=CC=CCC5)NC(C5C=CC=CC5)N4)c(O)c(C)c3c2c1C. The highest BCUT2D eigenvalue weighted by atomic mass is 16.3. The third-order valence-electron chi connectivity index (χ3n) is 9.65. The zero-order valence-corrected chi connectivity index (χ0v) is 25.6. The molecule has 2 aliphatic carbocycles. The number of amidine groups is 1. The van der Waals surface area contributed by atoms with E-state index in [2.05, 4.69) is 106 Å². The molecule has 216 valence electrons. The molecule has 0 bridgehead atoms. The molecule has 0 saturated carbocycles. The Balaban J connectivity index is 1.43. The Labute approximate surface area is 254 Å². The van der Waals surface area contributed by atoms with E-state index < -0.39 is 6.17 Å². The minimum absolute atomic E-state index is 0.0310. The van der Waals surface area contributed by atoms with Gasteiger partial charge in [0.15, 0.2) is 0 Å². The highest BCUT2D eigenvalue weighted by molar-refractivity contribution is 6.39. The quantitative estimate of drug-likeness (QED) is 0.238. The first-order valence-electron chi connectivity index (χ1n) is 15.4. The van der Waals surface area contributed by atoms with Gasteiger partial charge in [0.05, 0.1) is 6.17 Å². The lowest BCUT2D eigenvalue weighted by Gasteiger charge is -2.37. The number of aryl methyl sites for hydroxylation is 4.